The molecule has 1 fully saturated rings. The first-order valence-electron chi connectivity index (χ1n) is 10.1. The fourth-order valence-corrected chi connectivity index (χ4v) is 4.47. The number of nitrogens with zero attached hydrogens (tertiary/aromatic N) is 5. The standard InChI is InChI=1S/C22H22FN7OS/c1-13-9-28-21(32-13)7-15-6-19(16(11-26-15)22(25)31)29-18-4-5-30(12-17(18)23)20-3-2-14(8-24)10-27-20/h2-3,6,9-11,17-18H,4-5,7,12H2,1H3,(H2,25,31)(H,26,29)/t17-,18+/m0/s1. The quantitative estimate of drug-likeness (QED) is 0.591. The minimum Gasteiger partial charge on any atom is -0.378 e. The molecule has 0 spiro atoms. The molecule has 10 heteroatoms. The number of piperidine rings is 1. The van der Waals surface area contributed by atoms with Gasteiger partial charge in [-0.15, -0.1) is 11.3 Å². The highest BCUT2D eigenvalue weighted by atomic mass is 32.1. The molecule has 3 N–H and O–H groups in total. The van der Waals surface area contributed by atoms with Crippen LogP contribution in [0.15, 0.2) is 36.8 Å². The number of anilines is 2. The molecule has 0 bridgehead atoms. The van der Waals surface area contributed by atoms with E-state index in [4.69, 9.17) is 11.0 Å². The number of pyridine rings is 2. The lowest BCUT2D eigenvalue weighted by molar-refractivity contribution is 0.100. The first kappa shape index (κ1) is 21.6. The van der Waals surface area contributed by atoms with Crippen LogP contribution in [0.25, 0.3) is 0 Å². The molecule has 0 unspecified atom stereocenters. The van der Waals surface area contributed by atoms with E-state index in [1.807, 2.05) is 17.9 Å². The number of nitrogens with two attached hydrogens (primary N) is 1. The maximum atomic E-state index is 15.1. The van der Waals surface area contributed by atoms with Gasteiger partial charge in [-0.2, -0.15) is 5.26 Å². The van der Waals surface area contributed by atoms with Gasteiger partial charge in [0, 0.05) is 42.1 Å². The Labute approximate surface area is 188 Å². The molecule has 4 rings (SSSR count). The lowest BCUT2D eigenvalue weighted by atomic mass is 10.0. The molecule has 0 saturated carbocycles. The Morgan fingerprint density at radius 2 is 2.19 bits per heavy atom. The number of aromatic nitrogens is 3. The molecule has 0 aromatic carbocycles. The van der Waals surface area contributed by atoms with Gasteiger partial charge >= 0.3 is 0 Å². The molecule has 8 nitrogen and oxygen atoms in total. The van der Waals surface area contributed by atoms with E-state index in [0.717, 1.165) is 15.6 Å². The number of nitrogens with one attached hydrogen (secondary N) is 1. The Morgan fingerprint density at radius 3 is 2.81 bits per heavy atom. The number of carbonyl (C=O) groups excluding carboxylic acids is 1. The van der Waals surface area contributed by atoms with Crippen molar-refractivity contribution in [1.82, 2.24) is 15.0 Å². The normalized spacial score (nSPS) is 18.2. The number of thiazole rings is 1. The Balaban J connectivity index is 1.48. The molecule has 0 aliphatic carbocycles. The van der Waals surface area contributed by atoms with Crippen molar-refractivity contribution in [2.75, 3.05) is 23.3 Å². The van der Waals surface area contributed by atoms with E-state index >= 15 is 4.39 Å². The Morgan fingerprint density at radius 1 is 1.34 bits per heavy atom. The second kappa shape index (κ2) is 9.28. The highest BCUT2D eigenvalue weighted by Crippen LogP contribution is 2.26. The highest BCUT2D eigenvalue weighted by molar-refractivity contribution is 7.11. The summed E-state index contributed by atoms with van der Waals surface area (Å²) in [7, 11) is 0. The molecular formula is C22H22FN7OS. The van der Waals surface area contributed by atoms with Crippen molar-refractivity contribution in [3.8, 4) is 6.07 Å². The van der Waals surface area contributed by atoms with E-state index in [1.165, 1.54) is 12.4 Å². The number of amides is 1. The summed E-state index contributed by atoms with van der Waals surface area (Å²) in [6.45, 7) is 2.72. The Kier molecular flexibility index (Phi) is 6.28. The predicted octanol–water partition coefficient (Wildman–Crippen LogP) is 2.83. The summed E-state index contributed by atoms with van der Waals surface area (Å²) >= 11 is 1.58. The van der Waals surface area contributed by atoms with E-state index in [1.54, 1.807) is 35.7 Å². The molecule has 1 amide bonds. The van der Waals surface area contributed by atoms with Crippen molar-refractivity contribution in [3.63, 3.8) is 0 Å². The number of halogens is 1. The van der Waals surface area contributed by atoms with Gasteiger partial charge in [-0.1, -0.05) is 0 Å². The fourth-order valence-electron chi connectivity index (χ4n) is 3.66. The number of hydrogen-bond donors (Lipinski definition) is 2. The predicted molar refractivity (Wildman–Crippen MR) is 121 cm³/mol. The van der Waals surface area contributed by atoms with Gasteiger partial charge in [-0.3, -0.25) is 9.78 Å². The summed E-state index contributed by atoms with van der Waals surface area (Å²) in [5.41, 5.74) is 7.41. The van der Waals surface area contributed by atoms with Crippen LogP contribution in [0.1, 0.15) is 37.9 Å². The largest absolute Gasteiger partial charge is 0.378 e. The van der Waals surface area contributed by atoms with Gasteiger partial charge in [-0.05, 0) is 31.5 Å². The van der Waals surface area contributed by atoms with Crippen LogP contribution in [0.3, 0.4) is 0 Å². The number of alkyl halides is 1. The Bertz CT molecular complexity index is 1160. The zero-order valence-corrected chi connectivity index (χ0v) is 18.3. The first-order valence-corrected chi connectivity index (χ1v) is 11.0. The van der Waals surface area contributed by atoms with E-state index in [-0.39, 0.29) is 12.1 Å². The van der Waals surface area contributed by atoms with Crippen LogP contribution in [0.2, 0.25) is 0 Å². The van der Waals surface area contributed by atoms with Crippen LogP contribution >= 0.6 is 11.3 Å². The van der Waals surface area contributed by atoms with E-state index in [9.17, 15) is 4.79 Å². The van der Waals surface area contributed by atoms with Crippen LogP contribution in [0, 0.1) is 18.3 Å². The van der Waals surface area contributed by atoms with E-state index in [2.05, 4.69) is 20.3 Å². The highest BCUT2D eigenvalue weighted by Gasteiger charge is 2.30. The van der Waals surface area contributed by atoms with Gasteiger partial charge in [0.1, 0.15) is 18.1 Å². The van der Waals surface area contributed by atoms with Crippen molar-refractivity contribution in [2.45, 2.75) is 32.0 Å². The number of hydrogen-bond acceptors (Lipinski definition) is 8. The van der Waals surface area contributed by atoms with Gasteiger partial charge in [0.25, 0.3) is 5.91 Å². The van der Waals surface area contributed by atoms with E-state index < -0.39 is 18.1 Å². The van der Waals surface area contributed by atoms with Crippen LogP contribution in [0.4, 0.5) is 15.9 Å². The molecular weight excluding hydrogens is 429 g/mol. The van der Waals surface area contributed by atoms with Crippen molar-refractivity contribution in [3.05, 3.63) is 63.5 Å². The average Bonchev–Trinajstić information content (AvgIpc) is 3.19. The lowest BCUT2D eigenvalue weighted by Gasteiger charge is -2.36. The number of primary amides is 1. The summed E-state index contributed by atoms with van der Waals surface area (Å²) in [6.07, 6.45) is 4.55. The first-order chi connectivity index (χ1) is 15.4. The maximum absolute atomic E-state index is 15.1. The number of rotatable bonds is 6. The van der Waals surface area contributed by atoms with Gasteiger partial charge < -0.3 is 16.0 Å². The minimum absolute atomic E-state index is 0.152. The number of aryl methyl sites for hydroxylation is 1. The lowest BCUT2D eigenvalue weighted by Crippen LogP contribution is -2.48. The summed E-state index contributed by atoms with van der Waals surface area (Å²) in [5.74, 6) is 0.0131. The van der Waals surface area contributed by atoms with Crippen LogP contribution < -0.4 is 16.0 Å². The maximum Gasteiger partial charge on any atom is 0.252 e. The Hall–Kier alpha value is -3.58. The monoisotopic (exact) mass is 451 g/mol. The molecule has 2 atom stereocenters. The topological polar surface area (TPSA) is 121 Å². The number of carbonyl (C=O) groups is 1. The molecule has 0 radical (unpaired) electrons. The fraction of sp³-hybridized carbons (Fsp3) is 0.318. The second-order valence-corrected chi connectivity index (χ2v) is 8.96. The van der Waals surface area contributed by atoms with Crippen LogP contribution in [-0.2, 0) is 6.42 Å². The van der Waals surface area contributed by atoms with E-state index in [0.29, 0.717) is 36.5 Å². The third-order valence-corrected chi connectivity index (χ3v) is 6.22. The summed E-state index contributed by atoms with van der Waals surface area (Å²) in [4.78, 5) is 27.8. The zero-order valence-electron chi connectivity index (χ0n) is 17.5. The smallest absolute Gasteiger partial charge is 0.252 e. The van der Waals surface area contributed by atoms with Gasteiger partial charge in [0.05, 0.1) is 34.4 Å². The van der Waals surface area contributed by atoms with Crippen LogP contribution in [-0.4, -0.2) is 46.2 Å². The molecule has 1 aliphatic heterocycles. The van der Waals surface area contributed by atoms with Crippen molar-refractivity contribution in [2.24, 2.45) is 5.73 Å². The van der Waals surface area contributed by atoms with Crippen molar-refractivity contribution in [1.29, 1.82) is 5.26 Å². The molecule has 1 saturated heterocycles. The summed E-state index contributed by atoms with van der Waals surface area (Å²) in [5, 5.41) is 13.0. The summed E-state index contributed by atoms with van der Waals surface area (Å²) in [6, 6.07) is 6.68. The molecule has 32 heavy (non-hydrogen) atoms. The minimum atomic E-state index is -1.19. The zero-order chi connectivity index (χ0) is 22.7. The molecule has 3 aromatic rings. The van der Waals surface area contributed by atoms with Gasteiger partial charge in [-0.25, -0.2) is 14.4 Å². The molecule has 164 valence electrons. The second-order valence-electron chi connectivity index (χ2n) is 7.65. The third kappa shape index (κ3) is 4.84. The summed E-state index contributed by atoms with van der Waals surface area (Å²) < 4.78 is 15.1. The molecule has 1 aliphatic rings. The SMILES string of the molecule is Cc1cnc(Cc2cc(N[C@@H]3CCN(c4ccc(C#N)cn4)C[C@@H]3F)c(C(N)=O)cn2)s1. The van der Waals surface area contributed by atoms with Gasteiger partial charge in [0.2, 0.25) is 0 Å². The van der Waals surface area contributed by atoms with Crippen molar-refractivity contribution < 1.29 is 9.18 Å². The van der Waals surface area contributed by atoms with Crippen molar-refractivity contribution >= 4 is 28.7 Å². The van der Waals surface area contributed by atoms with Crippen LogP contribution in [0.5, 0.6) is 0 Å². The molecule has 4 heterocycles. The average molecular weight is 452 g/mol. The third-order valence-electron chi connectivity index (χ3n) is 5.31. The van der Waals surface area contributed by atoms with Gasteiger partial charge in [0.15, 0.2) is 0 Å². The number of nitriles is 1. The molecule has 3 aromatic heterocycles.